The molecule has 4 rings (SSSR count). The van der Waals surface area contributed by atoms with Gasteiger partial charge >= 0.3 is 0 Å². The fourth-order valence-electron chi connectivity index (χ4n) is 3.06. The van der Waals surface area contributed by atoms with E-state index in [1.54, 1.807) is 7.11 Å². The SMILES string of the molecule is COCc1nsc(N2CCN(c3ccnc4ccccc34)CC2)n1. The Morgan fingerprint density at radius 3 is 2.71 bits per heavy atom. The van der Waals surface area contributed by atoms with Gasteiger partial charge in [0.05, 0.1) is 5.52 Å². The van der Waals surface area contributed by atoms with E-state index in [0.717, 1.165) is 42.7 Å². The number of fused-ring (bicyclic) bond motifs is 1. The molecule has 0 aliphatic carbocycles. The summed E-state index contributed by atoms with van der Waals surface area (Å²) < 4.78 is 9.43. The highest BCUT2D eigenvalue weighted by Gasteiger charge is 2.21. The molecule has 1 aliphatic heterocycles. The van der Waals surface area contributed by atoms with Gasteiger partial charge in [-0.15, -0.1) is 0 Å². The van der Waals surface area contributed by atoms with Gasteiger partial charge in [0.15, 0.2) is 5.82 Å². The molecule has 3 aromatic rings. The first-order valence-corrected chi connectivity index (χ1v) is 8.77. The largest absolute Gasteiger partial charge is 0.377 e. The number of para-hydroxylation sites is 1. The molecule has 1 fully saturated rings. The number of pyridine rings is 1. The lowest BCUT2D eigenvalue weighted by molar-refractivity contribution is 0.179. The predicted molar refractivity (Wildman–Crippen MR) is 96.8 cm³/mol. The summed E-state index contributed by atoms with van der Waals surface area (Å²) in [7, 11) is 1.67. The smallest absolute Gasteiger partial charge is 0.205 e. The molecule has 2 aromatic heterocycles. The minimum absolute atomic E-state index is 0.472. The maximum atomic E-state index is 5.09. The summed E-state index contributed by atoms with van der Waals surface area (Å²) in [5.41, 5.74) is 2.31. The van der Waals surface area contributed by atoms with E-state index >= 15 is 0 Å². The van der Waals surface area contributed by atoms with E-state index in [0.29, 0.717) is 6.61 Å². The first-order valence-electron chi connectivity index (χ1n) is 8.00. The Labute approximate surface area is 144 Å². The third kappa shape index (κ3) is 2.92. The zero-order chi connectivity index (χ0) is 16.4. The number of methoxy groups -OCH3 is 1. The number of ether oxygens (including phenoxy) is 1. The van der Waals surface area contributed by atoms with Crippen LogP contribution in [0, 0.1) is 0 Å². The van der Waals surface area contributed by atoms with Gasteiger partial charge in [-0.2, -0.15) is 4.37 Å². The van der Waals surface area contributed by atoms with Crippen LogP contribution in [0.3, 0.4) is 0 Å². The van der Waals surface area contributed by atoms with E-state index in [1.807, 2.05) is 12.3 Å². The minimum Gasteiger partial charge on any atom is -0.377 e. The molecule has 124 valence electrons. The van der Waals surface area contributed by atoms with Crippen molar-refractivity contribution in [3.8, 4) is 0 Å². The number of benzene rings is 1. The summed E-state index contributed by atoms with van der Waals surface area (Å²) >= 11 is 1.45. The molecule has 1 saturated heterocycles. The summed E-state index contributed by atoms with van der Waals surface area (Å²) in [4.78, 5) is 13.7. The lowest BCUT2D eigenvalue weighted by Gasteiger charge is -2.36. The Morgan fingerprint density at radius 1 is 1.08 bits per heavy atom. The molecule has 1 aliphatic rings. The second kappa shape index (κ2) is 6.70. The highest BCUT2D eigenvalue weighted by Crippen LogP contribution is 2.27. The Balaban J connectivity index is 1.49. The number of nitrogens with zero attached hydrogens (tertiary/aromatic N) is 5. The normalized spacial score (nSPS) is 15.2. The number of hydrogen-bond donors (Lipinski definition) is 0. The quantitative estimate of drug-likeness (QED) is 0.727. The van der Waals surface area contributed by atoms with Crippen LogP contribution < -0.4 is 9.80 Å². The van der Waals surface area contributed by atoms with Crippen molar-refractivity contribution in [2.75, 3.05) is 43.1 Å². The molecule has 0 atom stereocenters. The van der Waals surface area contributed by atoms with E-state index in [-0.39, 0.29) is 0 Å². The van der Waals surface area contributed by atoms with Gasteiger partial charge in [0, 0.05) is 62.1 Å². The monoisotopic (exact) mass is 341 g/mol. The van der Waals surface area contributed by atoms with E-state index in [4.69, 9.17) is 4.74 Å². The summed E-state index contributed by atoms with van der Waals surface area (Å²) in [6.45, 7) is 4.29. The molecular weight excluding hydrogens is 322 g/mol. The lowest BCUT2D eigenvalue weighted by atomic mass is 10.1. The maximum Gasteiger partial charge on any atom is 0.205 e. The van der Waals surface area contributed by atoms with Crippen molar-refractivity contribution in [3.05, 3.63) is 42.4 Å². The van der Waals surface area contributed by atoms with Crippen LogP contribution in [0.1, 0.15) is 5.82 Å². The zero-order valence-electron chi connectivity index (χ0n) is 13.6. The van der Waals surface area contributed by atoms with Gasteiger partial charge in [-0.05, 0) is 12.1 Å². The second-order valence-electron chi connectivity index (χ2n) is 5.75. The van der Waals surface area contributed by atoms with Gasteiger partial charge in [-0.3, -0.25) is 4.98 Å². The molecule has 3 heterocycles. The summed E-state index contributed by atoms with van der Waals surface area (Å²) in [5, 5.41) is 2.20. The third-order valence-electron chi connectivity index (χ3n) is 4.25. The highest BCUT2D eigenvalue weighted by molar-refractivity contribution is 7.09. The van der Waals surface area contributed by atoms with Crippen molar-refractivity contribution in [2.24, 2.45) is 0 Å². The van der Waals surface area contributed by atoms with Crippen molar-refractivity contribution in [1.29, 1.82) is 0 Å². The Hall–Kier alpha value is -2.25. The fraction of sp³-hybridized carbons (Fsp3) is 0.353. The fourth-order valence-corrected chi connectivity index (χ4v) is 3.78. The number of piperazine rings is 1. The predicted octanol–water partition coefficient (Wildman–Crippen LogP) is 2.56. The van der Waals surface area contributed by atoms with Crippen molar-refractivity contribution in [2.45, 2.75) is 6.61 Å². The minimum atomic E-state index is 0.472. The molecule has 24 heavy (non-hydrogen) atoms. The van der Waals surface area contributed by atoms with Crippen LogP contribution in [-0.4, -0.2) is 47.6 Å². The van der Waals surface area contributed by atoms with Gasteiger partial charge in [-0.1, -0.05) is 18.2 Å². The Bertz CT molecular complexity index is 823. The second-order valence-corrected chi connectivity index (χ2v) is 6.48. The van der Waals surface area contributed by atoms with Gasteiger partial charge in [0.25, 0.3) is 0 Å². The molecule has 0 amide bonds. The molecule has 0 saturated carbocycles. The van der Waals surface area contributed by atoms with E-state index in [2.05, 4.69) is 48.4 Å². The van der Waals surface area contributed by atoms with Crippen LogP contribution in [0.5, 0.6) is 0 Å². The van der Waals surface area contributed by atoms with E-state index < -0.39 is 0 Å². The third-order valence-corrected chi connectivity index (χ3v) is 5.06. The van der Waals surface area contributed by atoms with Gasteiger partial charge < -0.3 is 14.5 Å². The van der Waals surface area contributed by atoms with Crippen LogP contribution in [0.2, 0.25) is 0 Å². The molecule has 0 unspecified atom stereocenters. The number of rotatable bonds is 4. The zero-order valence-corrected chi connectivity index (χ0v) is 14.4. The van der Waals surface area contributed by atoms with Gasteiger partial charge in [0.2, 0.25) is 5.13 Å². The topological polar surface area (TPSA) is 54.4 Å². The van der Waals surface area contributed by atoms with Crippen LogP contribution in [0.15, 0.2) is 36.5 Å². The number of hydrogen-bond acceptors (Lipinski definition) is 7. The summed E-state index contributed by atoms with van der Waals surface area (Å²) in [5.74, 6) is 0.764. The Morgan fingerprint density at radius 2 is 1.88 bits per heavy atom. The molecule has 0 bridgehead atoms. The summed E-state index contributed by atoms with van der Waals surface area (Å²) in [6, 6.07) is 10.4. The molecule has 0 N–H and O–H groups in total. The summed E-state index contributed by atoms with van der Waals surface area (Å²) in [6.07, 6.45) is 1.89. The first-order chi connectivity index (χ1) is 11.8. The number of anilines is 2. The first kappa shape index (κ1) is 15.3. The van der Waals surface area contributed by atoms with Crippen molar-refractivity contribution in [3.63, 3.8) is 0 Å². The molecule has 0 radical (unpaired) electrons. The van der Waals surface area contributed by atoms with Crippen LogP contribution >= 0.6 is 11.5 Å². The van der Waals surface area contributed by atoms with Crippen molar-refractivity contribution >= 4 is 33.3 Å². The lowest BCUT2D eigenvalue weighted by Crippen LogP contribution is -2.46. The van der Waals surface area contributed by atoms with Crippen LogP contribution in [0.25, 0.3) is 10.9 Å². The van der Waals surface area contributed by atoms with Crippen molar-refractivity contribution < 1.29 is 4.74 Å². The molecular formula is C17H19N5OS. The van der Waals surface area contributed by atoms with Gasteiger partial charge in [0.1, 0.15) is 6.61 Å². The molecule has 6 nitrogen and oxygen atoms in total. The molecule has 7 heteroatoms. The van der Waals surface area contributed by atoms with Crippen LogP contribution in [0.4, 0.5) is 10.8 Å². The Kier molecular flexibility index (Phi) is 4.27. The maximum absolute atomic E-state index is 5.09. The number of aromatic nitrogens is 3. The van der Waals surface area contributed by atoms with Crippen LogP contribution in [-0.2, 0) is 11.3 Å². The van der Waals surface area contributed by atoms with Crippen molar-refractivity contribution in [1.82, 2.24) is 14.3 Å². The average molecular weight is 341 g/mol. The van der Waals surface area contributed by atoms with E-state index in [9.17, 15) is 0 Å². The molecule has 0 spiro atoms. The average Bonchev–Trinajstić information content (AvgIpc) is 3.10. The van der Waals surface area contributed by atoms with E-state index in [1.165, 1.54) is 22.6 Å². The van der Waals surface area contributed by atoms with Gasteiger partial charge in [-0.25, -0.2) is 4.98 Å². The molecule has 1 aromatic carbocycles. The standard InChI is InChI=1S/C17H19N5OS/c1-23-12-16-19-17(24-20-16)22-10-8-21(9-11-22)15-6-7-18-14-5-3-2-4-13(14)15/h2-7H,8-12H2,1H3. The highest BCUT2D eigenvalue weighted by atomic mass is 32.1.